The fourth-order valence-electron chi connectivity index (χ4n) is 2.74. The van der Waals surface area contributed by atoms with Crippen LogP contribution in [0, 0.1) is 6.92 Å². The van der Waals surface area contributed by atoms with Crippen LogP contribution in [-0.2, 0) is 6.54 Å². The number of ether oxygens (including phenoxy) is 1. The molecule has 0 saturated heterocycles. The van der Waals surface area contributed by atoms with Crippen LogP contribution in [0.1, 0.15) is 17.5 Å². The van der Waals surface area contributed by atoms with Crippen LogP contribution >= 0.6 is 0 Å². The number of hydrogen-bond donors (Lipinski definition) is 1. The predicted octanol–water partition coefficient (Wildman–Crippen LogP) is 3.15. The zero-order valence-electron chi connectivity index (χ0n) is 12.3. The molecule has 2 aromatic rings. The molecule has 3 heteroatoms. The quantitative estimate of drug-likeness (QED) is 0.935. The Labute approximate surface area is 125 Å². The van der Waals surface area contributed by atoms with Crippen molar-refractivity contribution < 1.29 is 9.84 Å². The predicted molar refractivity (Wildman–Crippen MR) is 84.8 cm³/mol. The molecule has 110 valence electrons. The Morgan fingerprint density at radius 3 is 2.67 bits per heavy atom. The molecule has 0 amide bonds. The third-order valence-electron chi connectivity index (χ3n) is 3.87. The SMILES string of the molecule is Cc1ccc(CN2CC(CCO)Oc3ccccc32)cc1. The second kappa shape index (κ2) is 6.19. The van der Waals surface area contributed by atoms with E-state index in [4.69, 9.17) is 4.74 Å². The Hall–Kier alpha value is -2.00. The number of rotatable bonds is 4. The Morgan fingerprint density at radius 1 is 1.14 bits per heavy atom. The van der Waals surface area contributed by atoms with E-state index in [1.165, 1.54) is 11.1 Å². The first kappa shape index (κ1) is 14.0. The van der Waals surface area contributed by atoms with Gasteiger partial charge >= 0.3 is 0 Å². The smallest absolute Gasteiger partial charge is 0.143 e. The van der Waals surface area contributed by atoms with E-state index in [1.807, 2.05) is 18.2 Å². The number of anilines is 1. The number of aliphatic hydroxyl groups excluding tert-OH is 1. The average Bonchev–Trinajstić information content (AvgIpc) is 2.50. The summed E-state index contributed by atoms with van der Waals surface area (Å²) in [7, 11) is 0. The number of aliphatic hydroxyl groups is 1. The molecule has 0 spiro atoms. The van der Waals surface area contributed by atoms with E-state index in [1.54, 1.807) is 0 Å². The molecule has 0 radical (unpaired) electrons. The van der Waals surface area contributed by atoms with Crippen LogP contribution in [0.25, 0.3) is 0 Å². The highest BCUT2D eigenvalue weighted by Gasteiger charge is 2.24. The number of hydrogen-bond acceptors (Lipinski definition) is 3. The molecule has 1 atom stereocenters. The van der Waals surface area contributed by atoms with Crippen molar-refractivity contribution in [1.82, 2.24) is 0 Å². The zero-order chi connectivity index (χ0) is 14.7. The minimum atomic E-state index is 0.0512. The largest absolute Gasteiger partial charge is 0.486 e. The van der Waals surface area contributed by atoms with E-state index in [2.05, 4.69) is 42.2 Å². The van der Waals surface area contributed by atoms with Gasteiger partial charge in [0.1, 0.15) is 11.9 Å². The molecular formula is C18H21NO2. The van der Waals surface area contributed by atoms with Crippen LogP contribution < -0.4 is 9.64 Å². The molecule has 0 fully saturated rings. The molecule has 0 aromatic heterocycles. The van der Waals surface area contributed by atoms with E-state index >= 15 is 0 Å². The molecule has 3 nitrogen and oxygen atoms in total. The van der Waals surface area contributed by atoms with Gasteiger partial charge in [0, 0.05) is 19.6 Å². The van der Waals surface area contributed by atoms with Gasteiger partial charge in [0.15, 0.2) is 0 Å². The van der Waals surface area contributed by atoms with Gasteiger partial charge in [-0.25, -0.2) is 0 Å². The number of fused-ring (bicyclic) bond motifs is 1. The summed E-state index contributed by atoms with van der Waals surface area (Å²) in [4.78, 5) is 2.34. The van der Waals surface area contributed by atoms with Gasteiger partial charge in [-0.3, -0.25) is 0 Å². The van der Waals surface area contributed by atoms with Crippen molar-refractivity contribution >= 4 is 5.69 Å². The van der Waals surface area contributed by atoms with Crippen LogP contribution in [0.5, 0.6) is 5.75 Å². The molecule has 1 aliphatic rings. The van der Waals surface area contributed by atoms with Crippen molar-refractivity contribution in [3.8, 4) is 5.75 Å². The van der Waals surface area contributed by atoms with Gasteiger partial charge in [-0.2, -0.15) is 0 Å². The standard InChI is InChI=1S/C18H21NO2/c1-14-6-8-15(9-7-14)12-19-13-16(10-11-20)21-18-5-3-2-4-17(18)19/h2-9,16,20H,10-13H2,1H3. The van der Waals surface area contributed by atoms with Gasteiger partial charge in [0.2, 0.25) is 0 Å². The highest BCUT2D eigenvalue weighted by atomic mass is 16.5. The van der Waals surface area contributed by atoms with Gasteiger partial charge in [0.25, 0.3) is 0 Å². The summed E-state index contributed by atoms with van der Waals surface area (Å²) in [5, 5.41) is 9.17. The van der Waals surface area contributed by atoms with Crippen molar-refractivity contribution in [3.05, 3.63) is 59.7 Å². The van der Waals surface area contributed by atoms with Crippen molar-refractivity contribution in [2.75, 3.05) is 18.1 Å². The van der Waals surface area contributed by atoms with E-state index in [-0.39, 0.29) is 12.7 Å². The van der Waals surface area contributed by atoms with Crippen LogP contribution in [0.3, 0.4) is 0 Å². The number of aryl methyl sites for hydroxylation is 1. The first-order valence-electron chi connectivity index (χ1n) is 7.43. The molecule has 1 unspecified atom stereocenters. The van der Waals surface area contributed by atoms with Crippen LogP contribution in [-0.4, -0.2) is 24.4 Å². The summed E-state index contributed by atoms with van der Waals surface area (Å²) in [6.45, 7) is 3.93. The molecular weight excluding hydrogens is 262 g/mol. The minimum Gasteiger partial charge on any atom is -0.486 e. The lowest BCUT2D eigenvalue weighted by molar-refractivity contribution is 0.149. The van der Waals surface area contributed by atoms with Crippen LogP contribution in [0.15, 0.2) is 48.5 Å². The lowest BCUT2D eigenvalue weighted by Gasteiger charge is -2.36. The Kier molecular flexibility index (Phi) is 4.11. The maximum atomic E-state index is 9.17. The summed E-state index contributed by atoms with van der Waals surface area (Å²) < 4.78 is 5.96. The summed E-state index contributed by atoms with van der Waals surface area (Å²) in [6.07, 6.45) is 0.717. The molecule has 0 aliphatic carbocycles. The summed E-state index contributed by atoms with van der Waals surface area (Å²) in [5.41, 5.74) is 3.70. The maximum Gasteiger partial charge on any atom is 0.143 e. The fraction of sp³-hybridized carbons (Fsp3) is 0.333. The highest BCUT2D eigenvalue weighted by Crippen LogP contribution is 2.34. The monoisotopic (exact) mass is 283 g/mol. The molecule has 2 aromatic carbocycles. The minimum absolute atomic E-state index is 0.0512. The van der Waals surface area contributed by atoms with Crippen molar-refractivity contribution in [2.24, 2.45) is 0 Å². The van der Waals surface area contributed by atoms with Crippen molar-refractivity contribution in [1.29, 1.82) is 0 Å². The van der Waals surface area contributed by atoms with Gasteiger partial charge < -0.3 is 14.7 Å². The zero-order valence-corrected chi connectivity index (χ0v) is 12.3. The summed E-state index contributed by atoms with van der Waals surface area (Å²) >= 11 is 0. The molecule has 0 saturated carbocycles. The van der Waals surface area contributed by atoms with Crippen LogP contribution in [0.2, 0.25) is 0 Å². The molecule has 21 heavy (non-hydrogen) atoms. The van der Waals surface area contributed by atoms with E-state index < -0.39 is 0 Å². The van der Waals surface area contributed by atoms with E-state index in [0.717, 1.165) is 24.5 Å². The van der Waals surface area contributed by atoms with Gasteiger partial charge in [0.05, 0.1) is 12.2 Å². The van der Waals surface area contributed by atoms with Gasteiger partial charge in [-0.1, -0.05) is 42.0 Å². The second-order valence-corrected chi connectivity index (χ2v) is 5.59. The normalized spacial score (nSPS) is 17.2. The maximum absolute atomic E-state index is 9.17. The molecule has 1 heterocycles. The Morgan fingerprint density at radius 2 is 1.90 bits per heavy atom. The first-order chi connectivity index (χ1) is 10.3. The lowest BCUT2D eigenvalue weighted by Crippen LogP contribution is -2.40. The second-order valence-electron chi connectivity index (χ2n) is 5.59. The number of benzene rings is 2. The molecule has 1 N–H and O–H groups in total. The van der Waals surface area contributed by atoms with Gasteiger partial charge in [-0.05, 0) is 24.6 Å². The van der Waals surface area contributed by atoms with E-state index in [9.17, 15) is 5.11 Å². The molecule has 0 bridgehead atoms. The topological polar surface area (TPSA) is 32.7 Å². The van der Waals surface area contributed by atoms with E-state index in [0.29, 0.717) is 6.42 Å². The lowest BCUT2D eigenvalue weighted by atomic mass is 10.1. The van der Waals surface area contributed by atoms with Gasteiger partial charge in [-0.15, -0.1) is 0 Å². The Balaban J connectivity index is 1.84. The number of nitrogens with zero attached hydrogens (tertiary/aromatic N) is 1. The molecule has 1 aliphatic heterocycles. The average molecular weight is 283 g/mol. The molecule has 3 rings (SSSR count). The summed E-state index contributed by atoms with van der Waals surface area (Å²) in [5.74, 6) is 0.911. The third-order valence-corrected chi connectivity index (χ3v) is 3.87. The number of para-hydroxylation sites is 2. The summed E-state index contributed by atoms with van der Waals surface area (Å²) in [6, 6.07) is 16.8. The first-order valence-corrected chi connectivity index (χ1v) is 7.43. The fourth-order valence-corrected chi connectivity index (χ4v) is 2.74. The Bertz CT molecular complexity index is 594. The highest BCUT2D eigenvalue weighted by molar-refractivity contribution is 5.60. The van der Waals surface area contributed by atoms with Crippen molar-refractivity contribution in [3.63, 3.8) is 0 Å². The van der Waals surface area contributed by atoms with Crippen molar-refractivity contribution in [2.45, 2.75) is 26.0 Å². The third kappa shape index (κ3) is 3.19. The van der Waals surface area contributed by atoms with Crippen LogP contribution in [0.4, 0.5) is 5.69 Å².